The van der Waals surface area contributed by atoms with Gasteiger partial charge in [0.15, 0.2) is 5.78 Å². The molecule has 34 heavy (non-hydrogen) atoms. The lowest BCUT2D eigenvalue weighted by atomic mass is 9.85. The number of carbonyl (C=O) groups is 3. The predicted molar refractivity (Wildman–Crippen MR) is 128 cm³/mol. The van der Waals surface area contributed by atoms with Gasteiger partial charge in [0.05, 0.1) is 6.10 Å². The Bertz CT molecular complexity index is 976. The highest BCUT2D eigenvalue weighted by molar-refractivity contribution is 6.21. The smallest absolute Gasteiger partial charge is 0.259 e. The minimum atomic E-state index is -1.13. The van der Waals surface area contributed by atoms with Gasteiger partial charge in [-0.25, -0.2) is 0 Å². The van der Waals surface area contributed by atoms with Gasteiger partial charge in [-0.3, -0.25) is 14.4 Å². The summed E-state index contributed by atoms with van der Waals surface area (Å²) in [6, 6.07) is -1.04. The molecule has 0 aromatic rings. The molecule has 7 heteroatoms. The maximum atomic E-state index is 12.7. The van der Waals surface area contributed by atoms with Crippen molar-refractivity contribution in [1.29, 1.82) is 0 Å². The molecule has 7 atom stereocenters. The van der Waals surface area contributed by atoms with Gasteiger partial charge in [0.1, 0.15) is 17.4 Å². The van der Waals surface area contributed by atoms with Crippen LogP contribution in [0.2, 0.25) is 0 Å². The summed E-state index contributed by atoms with van der Waals surface area (Å²) in [6.45, 7) is 2.43. The van der Waals surface area contributed by atoms with Crippen molar-refractivity contribution in [2.24, 2.45) is 29.6 Å². The van der Waals surface area contributed by atoms with E-state index in [0.717, 1.165) is 12.8 Å². The molecule has 0 radical (unpaired) electrons. The molecule has 4 rings (SSSR count). The Hall–Kier alpha value is -2.93. The fraction of sp³-hybridized carbons (Fsp3) is 0.519. The Morgan fingerprint density at radius 3 is 2.68 bits per heavy atom. The largest absolute Gasteiger partial charge is 0.509 e. The van der Waals surface area contributed by atoms with Crippen LogP contribution in [0, 0.1) is 29.6 Å². The van der Waals surface area contributed by atoms with Gasteiger partial charge in [-0.05, 0) is 55.3 Å². The van der Waals surface area contributed by atoms with Crippen LogP contribution in [0.5, 0.6) is 0 Å². The Morgan fingerprint density at radius 2 is 1.85 bits per heavy atom. The zero-order chi connectivity index (χ0) is 24.2. The summed E-state index contributed by atoms with van der Waals surface area (Å²) in [5, 5.41) is 26.0. The number of aliphatic hydroxyl groups excluding tert-OH is 2. The predicted octanol–water partition coefficient (Wildman–Crippen LogP) is 2.66. The third-order valence-corrected chi connectivity index (χ3v) is 7.69. The molecule has 1 fully saturated rings. The average Bonchev–Trinajstić information content (AvgIpc) is 3.43. The fourth-order valence-electron chi connectivity index (χ4n) is 5.84. The maximum absolute atomic E-state index is 12.7. The first kappa shape index (κ1) is 24.2. The van der Waals surface area contributed by atoms with E-state index in [9.17, 15) is 24.6 Å². The minimum absolute atomic E-state index is 0.117. The number of nitrogens with one attached hydrogen (secondary N) is 2. The van der Waals surface area contributed by atoms with E-state index in [1.165, 1.54) is 6.08 Å². The van der Waals surface area contributed by atoms with E-state index in [-0.39, 0.29) is 30.9 Å². The molecule has 7 nitrogen and oxygen atoms in total. The summed E-state index contributed by atoms with van der Waals surface area (Å²) >= 11 is 0. The molecule has 182 valence electrons. The quantitative estimate of drug-likeness (QED) is 0.324. The van der Waals surface area contributed by atoms with E-state index in [1.54, 1.807) is 6.08 Å². The number of amides is 2. The van der Waals surface area contributed by atoms with Crippen molar-refractivity contribution in [3.63, 3.8) is 0 Å². The van der Waals surface area contributed by atoms with Gasteiger partial charge in [-0.1, -0.05) is 49.5 Å². The first-order chi connectivity index (χ1) is 16.4. The van der Waals surface area contributed by atoms with Crippen molar-refractivity contribution < 1.29 is 24.6 Å². The number of fused-ring (bicyclic) bond motifs is 4. The van der Waals surface area contributed by atoms with Crippen LogP contribution in [0.3, 0.4) is 0 Å². The van der Waals surface area contributed by atoms with Gasteiger partial charge < -0.3 is 20.8 Å². The Balaban J connectivity index is 1.52. The Labute approximate surface area is 200 Å². The second-order valence-electron chi connectivity index (χ2n) is 9.82. The summed E-state index contributed by atoms with van der Waals surface area (Å²) in [6.07, 6.45) is 17.7. The molecule has 1 saturated carbocycles. The second kappa shape index (κ2) is 10.6. The van der Waals surface area contributed by atoms with Crippen LogP contribution in [0.1, 0.15) is 39.0 Å². The van der Waals surface area contributed by atoms with Crippen molar-refractivity contribution in [3.8, 4) is 0 Å². The topological polar surface area (TPSA) is 116 Å². The SMILES string of the molecule is C[C@H]1C=C[C@@H]2[C@H]3C/C=C\C=C\C(=O)NCCC(O)C4NC(=O)C(=C4O)C(=O)CC/C=C/[C@@H]3C[C@@H]21. The van der Waals surface area contributed by atoms with Crippen LogP contribution >= 0.6 is 0 Å². The first-order valence-electron chi connectivity index (χ1n) is 12.3. The van der Waals surface area contributed by atoms with Crippen LogP contribution < -0.4 is 10.6 Å². The molecule has 2 heterocycles. The molecule has 4 N–H and O–H groups in total. The van der Waals surface area contributed by atoms with E-state index < -0.39 is 29.6 Å². The molecule has 2 amide bonds. The fourth-order valence-corrected chi connectivity index (χ4v) is 5.84. The van der Waals surface area contributed by atoms with Crippen molar-refractivity contribution >= 4 is 17.6 Å². The molecule has 2 aliphatic carbocycles. The Morgan fingerprint density at radius 1 is 1.03 bits per heavy atom. The van der Waals surface area contributed by atoms with Crippen molar-refractivity contribution in [1.82, 2.24) is 10.6 Å². The third kappa shape index (κ3) is 5.09. The van der Waals surface area contributed by atoms with Crippen LogP contribution in [0.15, 0.2) is 59.9 Å². The van der Waals surface area contributed by atoms with Crippen molar-refractivity contribution in [2.45, 2.75) is 51.2 Å². The molecule has 0 saturated heterocycles. The highest BCUT2D eigenvalue weighted by atomic mass is 16.3. The zero-order valence-electron chi connectivity index (χ0n) is 19.5. The van der Waals surface area contributed by atoms with E-state index in [2.05, 4.69) is 41.9 Å². The molecule has 0 aromatic carbocycles. The van der Waals surface area contributed by atoms with Gasteiger partial charge in [0.25, 0.3) is 5.91 Å². The van der Waals surface area contributed by atoms with Gasteiger partial charge in [0.2, 0.25) is 5.91 Å². The summed E-state index contributed by atoms with van der Waals surface area (Å²) in [4.78, 5) is 37.0. The number of Topliss-reactive ketones (excluding diaryl/α,β-unsaturated/α-hetero) is 1. The van der Waals surface area contributed by atoms with E-state index in [1.807, 2.05) is 12.2 Å². The van der Waals surface area contributed by atoms with Gasteiger partial charge in [-0.15, -0.1) is 0 Å². The molecule has 2 bridgehead atoms. The second-order valence-corrected chi connectivity index (χ2v) is 9.82. The molecule has 0 spiro atoms. The van der Waals surface area contributed by atoms with Gasteiger partial charge in [0, 0.05) is 19.0 Å². The number of hydrogen-bond acceptors (Lipinski definition) is 5. The number of ketones is 1. The lowest BCUT2D eigenvalue weighted by Crippen LogP contribution is -2.41. The summed E-state index contributed by atoms with van der Waals surface area (Å²) in [5.41, 5.74) is -0.267. The maximum Gasteiger partial charge on any atom is 0.259 e. The van der Waals surface area contributed by atoms with Gasteiger partial charge in [-0.2, -0.15) is 0 Å². The van der Waals surface area contributed by atoms with E-state index in [0.29, 0.717) is 36.0 Å². The lowest BCUT2D eigenvalue weighted by molar-refractivity contribution is -0.122. The molecule has 0 aromatic heterocycles. The molecule has 4 aliphatic rings. The molecular formula is C27H34N2O5. The highest BCUT2D eigenvalue weighted by Gasteiger charge is 2.44. The Kier molecular flexibility index (Phi) is 7.51. The van der Waals surface area contributed by atoms with Crippen molar-refractivity contribution in [2.75, 3.05) is 6.54 Å². The van der Waals surface area contributed by atoms with E-state index >= 15 is 0 Å². The average molecular weight is 467 g/mol. The third-order valence-electron chi connectivity index (χ3n) is 7.69. The minimum Gasteiger partial charge on any atom is -0.509 e. The van der Waals surface area contributed by atoms with Crippen LogP contribution in [-0.4, -0.2) is 46.5 Å². The number of carbonyl (C=O) groups excluding carboxylic acids is 3. The van der Waals surface area contributed by atoms with Crippen LogP contribution in [-0.2, 0) is 14.4 Å². The van der Waals surface area contributed by atoms with Crippen LogP contribution in [0.25, 0.3) is 0 Å². The summed E-state index contributed by atoms with van der Waals surface area (Å²) < 4.78 is 0. The van der Waals surface area contributed by atoms with E-state index in [4.69, 9.17) is 0 Å². The summed E-state index contributed by atoms with van der Waals surface area (Å²) in [7, 11) is 0. The first-order valence-corrected chi connectivity index (χ1v) is 12.3. The van der Waals surface area contributed by atoms with Crippen molar-refractivity contribution in [3.05, 3.63) is 59.9 Å². The number of aliphatic hydroxyl groups is 2. The normalized spacial score (nSPS) is 39.7. The number of allylic oxidation sites excluding steroid dienone is 7. The number of hydrogen-bond donors (Lipinski definition) is 4. The zero-order valence-corrected chi connectivity index (χ0v) is 19.5. The molecule has 2 unspecified atom stereocenters. The molecule has 2 aliphatic heterocycles. The summed E-state index contributed by atoms with van der Waals surface area (Å²) in [5.74, 6) is 0.810. The lowest BCUT2D eigenvalue weighted by Gasteiger charge is -2.20. The monoisotopic (exact) mass is 466 g/mol. The van der Waals surface area contributed by atoms with Crippen LogP contribution in [0.4, 0.5) is 0 Å². The molecular weight excluding hydrogens is 432 g/mol. The van der Waals surface area contributed by atoms with Gasteiger partial charge >= 0.3 is 0 Å². The standard InChI is InChI=1S/C27H34N2O5/c1-16-11-12-19-18-8-3-2-4-10-23(32)28-14-13-22(31)25-26(33)24(27(34)29-25)21(30)9-6-5-7-17(18)15-20(16)19/h2-5,7,10-12,16-20,22,25,31,33H,6,8-9,13-15H2,1H3,(H,28,32)(H,29,34)/b3-2-,7-5+,10-4+/t16-,17+,18-,19+,20+,22?,25?/m0/s1. The highest BCUT2D eigenvalue weighted by Crippen LogP contribution is 2.51. The number of rotatable bonds is 0.